The van der Waals surface area contributed by atoms with Gasteiger partial charge in [-0.15, -0.1) is 0 Å². The van der Waals surface area contributed by atoms with Gasteiger partial charge < -0.3 is 9.11 Å². The van der Waals surface area contributed by atoms with Crippen molar-refractivity contribution >= 4 is 10.4 Å². The molecule has 0 aromatic carbocycles. The molecule has 0 aromatic rings. The van der Waals surface area contributed by atoms with Crippen molar-refractivity contribution in [3.8, 4) is 0 Å². The molecule has 0 unspecified atom stereocenters. The molecule has 0 rings (SSSR count). The topological polar surface area (TPSA) is 161 Å². The largest absolute Gasteiger partial charge is 2.00 e. The minimum atomic E-state index is -5.75. The Bertz CT molecular complexity index is 213. The fourth-order valence-corrected chi connectivity index (χ4v) is 0. The second-order valence-electron chi connectivity index (χ2n) is 0.816. The van der Waals surface area contributed by atoms with Crippen LogP contribution < -0.4 is 8.32 Å². The van der Waals surface area contributed by atoms with E-state index in [1.54, 1.807) is 0 Å². The van der Waals surface area contributed by atoms with E-state index in [2.05, 4.69) is 0 Å². The van der Waals surface area contributed by atoms with Crippen molar-refractivity contribution in [1.82, 2.24) is 0 Å². The quantitative estimate of drug-likeness (QED) is 0.245. The summed E-state index contributed by atoms with van der Waals surface area (Å²) >= 11 is -5.75. The first-order chi connectivity index (χ1) is 4.00. The van der Waals surface area contributed by atoms with Crippen molar-refractivity contribution in [1.29, 1.82) is 0 Å². The summed E-state index contributed by atoms with van der Waals surface area (Å²) in [5.74, 6) is 0. The summed E-state index contributed by atoms with van der Waals surface area (Å²) in [7, 11) is -5.17. The second kappa shape index (κ2) is 8.75. The van der Waals surface area contributed by atoms with Crippen LogP contribution in [0, 0.1) is 0 Å². The van der Waals surface area contributed by atoms with Crippen LogP contribution in [0.3, 0.4) is 0 Å². The van der Waals surface area contributed by atoms with Gasteiger partial charge in [0.25, 0.3) is 0 Å². The predicted molar refractivity (Wildman–Crippen MR) is 11.8 cm³/mol. The third kappa shape index (κ3) is 845. The van der Waals surface area contributed by atoms with E-state index in [4.69, 9.17) is 33.4 Å². The monoisotopic (exact) mass is 340 g/mol. The molecule has 0 saturated heterocycles. The normalized spacial score (nSPS) is 9.67. The Hall–Kier alpha value is 1.17. The minimum absolute atomic E-state index is 0. The molecule has 0 aliphatic carbocycles. The van der Waals surface area contributed by atoms with Gasteiger partial charge in [-0.1, -0.05) is 0 Å². The molecule has 0 bridgehead atoms. The number of hydrogen-bond acceptors (Lipinski definition) is 8. The van der Waals surface area contributed by atoms with E-state index in [1.807, 2.05) is 0 Å². The van der Waals surface area contributed by atoms with E-state index < -0.39 is 24.0 Å². The minimum Gasteiger partial charge on any atom is 2.00 e. The van der Waals surface area contributed by atoms with Crippen molar-refractivity contribution in [2.24, 2.45) is 0 Å². The molecule has 0 saturated carbocycles. The summed E-state index contributed by atoms with van der Waals surface area (Å²) in [6, 6.07) is 0. The van der Waals surface area contributed by atoms with Crippen LogP contribution in [0.2, 0.25) is 0 Å². The predicted octanol–water partition coefficient (Wildman–Crippen LogP) is -3.96. The van der Waals surface area contributed by atoms with Gasteiger partial charge in [-0.2, -0.15) is 0 Å². The summed E-state index contributed by atoms with van der Waals surface area (Å²) < 4.78 is 68.5. The Balaban J connectivity index is -0.0000000457. The molecule has 12 heavy (non-hydrogen) atoms. The zero-order valence-electron chi connectivity index (χ0n) is 5.50. The first kappa shape index (κ1) is 23.2. The van der Waals surface area contributed by atoms with Gasteiger partial charge in [-0.25, -0.2) is 0 Å². The van der Waals surface area contributed by atoms with Crippen molar-refractivity contribution in [3.05, 3.63) is 0 Å². The molecule has 0 fully saturated rings. The average molecular weight is 343 g/mol. The fourth-order valence-electron chi connectivity index (χ4n) is 0. The molecule has 0 radical (unpaired) electrons. The van der Waals surface area contributed by atoms with E-state index in [1.165, 1.54) is 0 Å². The SMILES string of the molecule is O=S(=O)([O-])[O-].[O]=[Cr](=[O])([O-])[O-].[Zn+2].[Zn+2]. The zero-order chi connectivity index (χ0) is 9.00. The van der Waals surface area contributed by atoms with Gasteiger partial charge in [0.05, 0.1) is 0 Å². The van der Waals surface area contributed by atoms with Crippen molar-refractivity contribution in [2.75, 3.05) is 0 Å². The summed E-state index contributed by atoms with van der Waals surface area (Å²) in [6.45, 7) is 0. The van der Waals surface area contributed by atoms with Gasteiger partial charge in [0, 0.05) is 10.4 Å². The Labute approximate surface area is 95.8 Å². The Morgan fingerprint density at radius 1 is 0.917 bits per heavy atom. The number of hydrogen-bond donors (Lipinski definition) is 0. The molecular weight excluding hydrogens is 343 g/mol. The fraction of sp³-hybridized carbons (Fsp3) is 0. The maximum atomic E-state index is 8.59. The zero-order valence-corrected chi connectivity index (χ0v) is 13.5. The van der Waals surface area contributed by atoms with Gasteiger partial charge in [0.1, 0.15) is 0 Å². The van der Waals surface area contributed by atoms with E-state index in [0.717, 1.165) is 0 Å². The number of rotatable bonds is 0. The molecular formula is CrO8SZn2. The molecule has 12 heteroatoms. The van der Waals surface area contributed by atoms with Gasteiger partial charge in [-0.3, -0.25) is 8.42 Å². The third-order valence-corrected chi connectivity index (χ3v) is 0. The summed E-state index contributed by atoms with van der Waals surface area (Å²) in [6.07, 6.45) is 0. The maximum Gasteiger partial charge on any atom is 2.00 e. The van der Waals surface area contributed by atoms with Crippen LogP contribution in [0.5, 0.6) is 0 Å². The van der Waals surface area contributed by atoms with E-state index in [0.29, 0.717) is 0 Å². The standard InChI is InChI=1S/Cr.H2O4S.4O.2Zn/c;1-5(2,3)4;;;;;;/h;(H2,1,2,3,4);;;;;;/q;;;;2*-1;2*+2/p-2. The van der Waals surface area contributed by atoms with Crippen LogP contribution in [0.4, 0.5) is 0 Å². The van der Waals surface area contributed by atoms with Gasteiger partial charge in [0.15, 0.2) is 0 Å². The summed E-state index contributed by atoms with van der Waals surface area (Å²) in [5.41, 5.74) is 0. The van der Waals surface area contributed by atoms with E-state index in [-0.39, 0.29) is 39.0 Å². The first-order valence-corrected chi connectivity index (χ1v) is 4.75. The molecule has 0 atom stereocenters. The maximum absolute atomic E-state index is 8.59. The molecule has 0 heterocycles. The molecule has 0 aliphatic heterocycles. The molecule has 64 valence electrons. The average Bonchev–Trinajstić information content (AvgIpc) is 1.12. The van der Waals surface area contributed by atoms with Gasteiger partial charge in [0.2, 0.25) is 0 Å². The Kier molecular flexibility index (Phi) is 16.9. The van der Waals surface area contributed by atoms with Crippen molar-refractivity contribution in [2.45, 2.75) is 0 Å². The van der Waals surface area contributed by atoms with Crippen LogP contribution in [-0.4, -0.2) is 17.5 Å². The van der Waals surface area contributed by atoms with Crippen molar-refractivity contribution < 1.29 is 86.0 Å². The molecule has 0 N–H and O–H groups in total. The van der Waals surface area contributed by atoms with Crippen LogP contribution in [-0.2, 0) is 70.6 Å². The molecule has 0 amide bonds. The molecule has 8 nitrogen and oxygen atoms in total. The van der Waals surface area contributed by atoms with Crippen molar-refractivity contribution in [3.63, 3.8) is 0 Å². The molecule has 0 spiro atoms. The van der Waals surface area contributed by atoms with Crippen LogP contribution >= 0.6 is 0 Å². The first-order valence-electron chi connectivity index (χ1n) is 1.33. The summed E-state index contributed by atoms with van der Waals surface area (Å²) in [5, 5.41) is 0. The second-order valence-corrected chi connectivity index (χ2v) is 2.91. The van der Waals surface area contributed by atoms with Gasteiger partial charge >= 0.3 is 68.5 Å². The smallest absolute Gasteiger partial charge is 2.00 e. The summed E-state index contributed by atoms with van der Waals surface area (Å²) in [4.78, 5) is 0. The van der Waals surface area contributed by atoms with Gasteiger partial charge in [-0.05, 0) is 0 Å². The van der Waals surface area contributed by atoms with E-state index in [9.17, 15) is 0 Å². The van der Waals surface area contributed by atoms with Crippen LogP contribution in [0.15, 0.2) is 0 Å². The van der Waals surface area contributed by atoms with Crippen LogP contribution in [0.1, 0.15) is 0 Å². The molecule has 0 aromatic heterocycles. The Morgan fingerprint density at radius 3 is 0.917 bits per heavy atom. The molecule has 0 aliphatic rings. The third-order valence-electron chi connectivity index (χ3n) is 0. The van der Waals surface area contributed by atoms with E-state index >= 15 is 0 Å². The Morgan fingerprint density at radius 2 is 0.917 bits per heavy atom. The van der Waals surface area contributed by atoms with Crippen LogP contribution in [0.25, 0.3) is 0 Å².